The number of nitrogens with one attached hydrogen (secondary N) is 2. The zero-order valence-corrected chi connectivity index (χ0v) is 14.5. The Labute approximate surface area is 152 Å². The van der Waals surface area contributed by atoms with Gasteiger partial charge in [-0.1, -0.05) is 0 Å². The Hall–Kier alpha value is -3.56. The van der Waals surface area contributed by atoms with Crippen molar-refractivity contribution in [2.75, 3.05) is 11.1 Å². The standard InChI is InChI=1S/C17H16F2N6O2/c1-8(2)27-13-7-9(16-22-24-25-23-16)3-6-12(13)21-17(26)14-10(18)4-5-11(20)15(14)19/h3-8H,20H2,1-2H3,(H,21,26)(H,22,23,24,25). The molecule has 0 fully saturated rings. The van der Waals surface area contributed by atoms with Gasteiger partial charge < -0.3 is 15.8 Å². The number of hydrogen-bond acceptors (Lipinski definition) is 6. The highest BCUT2D eigenvalue weighted by Gasteiger charge is 2.21. The smallest absolute Gasteiger partial charge is 0.261 e. The minimum Gasteiger partial charge on any atom is -0.489 e. The first-order chi connectivity index (χ1) is 12.9. The third kappa shape index (κ3) is 3.84. The number of aromatic amines is 1. The lowest BCUT2D eigenvalue weighted by molar-refractivity contribution is 0.101. The highest BCUT2D eigenvalue weighted by Crippen LogP contribution is 2.31. The number of tetrazole rings is 1. The number of nitrogens with two attached hydrogens (primary N) is 1. The van der Waals surface area contributed by atoms with Crippen LogP contribution < -0.4 is 15.8 Å². The van der Waals surface area contributed by atoms with Crippen LogP contribution in [-0.4, -0.2) is 32.6 Å². The average Bonchev–Trinajstić information content (AvgIpc) is 3.14. The van der Waals surface area contributed by atoms with Crippen molar-refractivity contribution in [1.82, 2.24) is 20.6 Å². The molecule has 140 valence electrons. The number of benzene rings is 2. The molecule has 2 aromatic carbocycles. The molecule has 3 aromatic rings. The third-order valence-electron chi connectivity index (χ3n) is 3.54. The molecule has 0 bridgehead atoms. The van der Waals surface area contributed by atoms with E-state index in [0.29, 0.717) is 11.4 Å². The number of aromatic nitrogens is 4. The summed E-state index contributed by atoms with van der Waals surface area (Å²) >= 11 is 0. The fraction of sp³-hybridized carbons (Fsp3) is 0.176. The van der Waals surface area contributed by atoms with Crippen molar-refractivity contribution in [2.45, 2.75) is 20.0 Å². The number of amides is 1. The summed E-state index contributed by atoms with van der Waals surface area (Å²) in [4.78, 5) is 12.4. The van der Waals surface area contributed by atoms with Gasteiger partial charge in [0.05, 0.1) is 17.5 Å². The zero-order valence-electron chi connectivity index (χ0n) is 14.5. The van der Waals surface area contributed by atoms with E-state index in [9.17, 15) is 13.6 Å². The van der Waals surface area contributed by atoms with Crippen LogP contribution in [0.3, 0.4) is 0 Å². The molecule has 0 atom stereocenters. The van der Waals surface area contributed by atoms with Crippen LogP contribution in [0.2, 0.25) is 0 Å². The molecule has 0 unspecified atom stereocenters. The van der Waals surface area contributed by atoms with Crippen LogP contribution in [0.25, 0.3) is 11.4 Å². The third-order valence-corrected chi connectivity index (χ3v) is 3.54. The van der Waals surface area contributed by atoms with Crippen LogP contribution in [0.1, 0.15) is 24.2 Å². The maximum Gasteiger partial charge on any atom is 0.261 e. The second-order valence-corrected chi connectivity index (χ2v) is 5.89. The Morgan fingerprint density at radius 3 is 2.70 bits per heavy atom. The normalized spacial score (nSPS) is 10.9. The Balaban J connectivity index is 1.96. The quantitative estimate of drug-likeness (QED) is 0.591. The lowest BCUT2D eigenvalue weighted by Gasteiger charge is -2.16. The number of nitrogens with zero attached hydrogens (tertiary/aromatic N) is 3. The molecule has 1 amide bonds. The van der Waals surface area contributed by atoms with E-state index in [1.165, 1.54) is 6.07 Å². The van der Waals surface area contributed by atoms with Crippen molar-refractivity contribution >= 4 is 17.3 Å². The van der Waals surface area contributed by atoms with E-state index >= 15 is 0 Å². The summed E-state index contributed by atoms with van der Waals surface area (Å²) in [6.45, 7) is 3.59. The summed E-state index contributed by atoms with van der Waals surface area (Å²) in [6.07, 6.45) is -0.220. The van der Waals surface area contributed by atoms with Crippen LogP contribution in [0.5, 0.6) is 5.75 Å². The molecule has 8 nitrogen and oxygen atoms in total. The Kier molecular flexibility index (Phi) is 4.97. The topological polar surface area (TPSA) is 119 Å². The molecule has 0 radical (unpaired) electrons. The summed E-state index contributed by atoms with van der Waals surface area (Å²) < 4.78 is 33.7. The molecule has 27 heavy (non-hydrogen) atoms. The highest BCUT2D eigenvalue weighted by atomic mass is 19.1. The molecule has 0 spiro atoms. The Morgan fingerprint density at radius 1 is 1.26 bits per heavy atom. The molecule has 1 heterocycles. The van der Waals surface area contributed by atoms with Crippen LogP contribution in [0.15, 0.2) is 30.3 Å². The van der Waals surface area contributed by atoms with Crippen LogP contribution in [0.4, 0.5) is 20.2 Å². The van der Waals surface area contributed by atoms with Gasteiger partial charge in [-0.25, -0.2) is 8.78 Å². The van der Waals surface area contributed by atoms with Crippen LogP contribution in [0, 0.1) is 11.6 Å². The maximum absolute atomic E-state index is 14.1. The lowest BCUT2D eigenvalue weighted by Crippen LogP contribution is -2.18. The van der Waals surface area contributed by atoms with Gasteiger partial charge in [-0.15, -0.1) is 10.2 Å². The number of carbonyl (C=O) groups excluding carboxylic acids is 1. The van der Waals surface area contributed by atoms with Gasteiger partial charge in [0.2, 0.25) is 5.82 Å². The van der Waals surface area contributed by atoms with Gasteiger partial charge in [0.15, 0.2) is 5.82 Å². The fourth-order valence-electron chi connectivity index (χ4n) is 2.36. The van der Waals surface area contributed by atoms with Gasteiger partial charge >= 0.3 is 0 Å². The van der Waals surface area contributed by atoms with E-state index in [0.717, 1.165) is 12.1 Å². The maximum atomic E-state index is 14.1. The van der Waals surface area contributed by atoms with Gasteiger partial charge in [0, 0.05) is 5.56 Å². The summed E-state index contributed by atoms with van der Waals surface area (Å²) in [5.41, 5.74) is 5.13. The lowest BCUT2D eigenvalue weighted by atomic mass is 10.1. The molecule has 0 aliphatic rings. The monoisotopic (exact) mass is 374 g/mol. The molecular formula is C17H16F2N6O2. The van der Waals surface area contributed by atoms with Crippen molar-refractivity contribution in [3.05, 3.63) is 47.5 Å². The molecule has 4 N–H and O–H groups in total. The number of halogens is 2. The average molecular weight is 374 g/mol. The molecule has 0 saturated carbocycles. The van der Waals surface area contributed by atoms with E-state index in [4.69, 9.17) is 10.5 Å². The van der Waals surface area contributed by atoms with Crippen LogP contribution in [-0.2, 0) is 0 Å². The minimum absolute atomic E-state index is 0.220. The Morgan fingerprint density at radius 2 is 2.04 bits per heavy atom. The predicted molar refractivity (Wildman–Crippen MR) is 94.1 cm³/mol. The Bertz CT molecular complexity index is 976. The molecular weight excluding hydrogens is 358 g/mol. The molecule has 0 aliphatic heterocycles. The number of anilines is 2. The van der Waals surface area contributed by atoms with Gasteiger partial charge in [-0.3, -0.25) is 4.79 Å². The summed E-state index contributed by atoms with van der Waals surface area (Å²) in [7, 11) is 0. The summed E-state index contributed by atoms with van der Waals surface area (Å²) in [6, 6.07) is 6.70. The van der Waals surface area contributed by atoms with Crippen molar-refractivity contribution in [3.63, 3.8) is 0 Å². The van der Waals surface area contributed by atoms with Gasteiger partial charge in [-0.2, -0.15) is 5.21 Å². The van der Waals surface area contributed by atoms with Crippen molar-refractivity contribution < 1.29 is 18.3 Å². The molecule has 0 saturated heterocycles. The van der Waals surface area contributed by atoms with E-state index < -0.39 is 23.1 Å². The second kappa shape index (κ2) is 7.36. The van der Waals surface area contributed by atoms with Crippen LogP contribution >= 0.6 is 0 Å². The predicted octanol–water partition coefficient (Wildman–Crippen LogP) is 2.77. The number of hydrogen-bond donors (Lipinski definition) is 3. The summed E-state index contributed by atoms with van der Waals surface area (Å²) in [5, 5.41) is 16.0. The first kappa shape index (κ1) is 18.2. The van der Waals surface area contributed by atoms with E-state index in [2.05, 4.69) is 25.9 Å². The number of nitrogen functional groups attached to an aromatic ring is 1. The number of ether oxygens (including phenoxy) is 1. The van der Waals surface area contributed by atoms with E-state index in [1.807, 2.05) is 0 Å². The van der Waals surface area contributed by atoms with Crippen molar-refractivity contribution in [1.29, 1.82) is 0 Å². The molecule has 1 aromatic heterocycles. The first-order valence-electron chi connectivity index (χ1n) is 7.96. The largest absolute Gasteiger partial charge is 0.489 e. The van der Waals surface area contributed by atoms with Gasteiger partial charge in [0.25, 0.3) is 5.91 Å². The second-order valence-electron chi connectivity index (χ2n) is 5.89. The zero-order chi connectivity index (χ0) is 19.6. The number of rotatable bonds is 5. The van der Waals surface area contributed by atoms with Gasteiger partial charge in [0.1, 0.15) is 17.1 Å². The highest BCUT2D eigenvalue weighted by molar-refractivity contribution is 6.06. The minimum atomic E-state index is -1.12. The molecule has 3 rings (SSSR count). The molecule has 0 aliphatic carbocycles. The number of H-pyrrole nitrogens is 1. The number of carbonyl (C=O) groups is 1. The molecule has 10 heteroatoms. The fourth-order valence-corrected chi connectivity index (χ4v) is 2.36. The SMILES string of the molecule is CC(C)Oc1cc(-c2nn[nH]n2)ccc1NC(=O)c1c(F)ccc(N)c1F. The van der Waals surface area contributed by atoms with E-state index in [-0.39, 0.29) is 23.2 Å². The van der Waals surface area contributed by atoms with E-state index in [1.54, 1.807) is 26.0 Å². The van der Waals surface area contributed by atoms with Crippen molar-refractivity contribution in [3.8, 4) is 17.1 Å². The van der Waals surface area contributed by atoms with Gasteiger partial charge in [-0.05, 0) is 49.4 Å². The summed E-state index contributed by atoms with van der Waals surface area (Å²) in [5.74, 6) is -2.52. The van der Waals surface area contributed by atoms with Crippen molar-refractivity contribution in [2.24, 2.45) is 0 Å². The first-order valence-corrected chi connectivity index (χ1v) is 7.96.